The lowest BCUT2D eigenvalue weighted by Crippen LogP contribution is -2.50. The van der Waals surface area contributed by atoms with Gasteiger partial charge in [-0.2, -0.15) is 0 Å². The lowest BCUT2D eigenvalue weighted by molar-refractivity contribution is -0.00179. The molecular weight excluding hydrogens is 471 g/mol. The van der Waals surface area contributed by atoms with Crippen molar-refractivity contribution in [3.05, 3.63) is 53.3 Å². The predicted octanol–water partition coefficient (Wildman–Crippen LogP) is 5.33. The molecule has 2 aromatic rings. The quantitative estimate of drug-likeness (QED) is 0.523. The van der Waals surface area contributed by atoms with E-state index in [4.69, 9.17) is 9.47 Å². The molecule has 2 aliphatic carbocycles. The monoisotopic (exact) mass is 508 g/mol. The van der Waals surface area contributed by atoms with Gasteiger partial charge in [0.05, 0.1) is 13.2 Å². The van der Waals surface area contributed by atoms with Crippen LogP contribution in [0.2, 0.25) is 0 Å². The molecule has 2 saturated carbocycles. The molecule has 2 heterocycles. The highest BCUT2D eigenvalue weighted by atomic mass is 19.1. The third-order valence-electron chi connectivity index (χ3n) is 8.77. The van der Waals surface area contributed by atoms with Gasteiger partial charge < -0.3 is 19.5 Å². The molecule has 0 atom stereocenters. The van der Waals surface area contributed by atoms with Crippen molar-refractivity contribution in [2.45, 2.75) is 69.6 Å². The molecule has 2 saturated heterocycles. The summed E-state index contributed by atoms with van der Waals surface area (Å²) < 4.78 is 25.6. The molecule has 1 spiro atoms. The molecule has 6 rings (SSSR count). The number of ether oxygens (including phenoxy) is 2. The molecule has 1 amide bonds. The number of piperidine rings is 1. The first-order valence-corrected chi connectivity index (χ1v) is 13.9. The van der Waals surface area contributed by atoms with E-state index >= 15 is 0 Å². The van der Waals surface area contributed by atoms with E-state index in [1.54, 1.807) is 0 Å². The molecule has 7 heteroatoms. The van der Waals surface area contributed by atoms with Gasteiger partial charge in [-0.15, -0.1) is 0 Å². The first-order chi connectivity index (χ1) is 18.0. The minimum Gasteiger partial charge on any atom is -0.494 e. The lowest BCUT2D eigenvalue weighted by atomic mass is 9.79. The fraction of sp³-hybridized carbons (Fsp3) is 0.567. The zero-order chi connectivity index (χ0) is 25.6. The van der Waals surface area contributed by atoms with Crippen molar-refractivity contribution in [1.29, 1.82) is 0 Å². The van der Waals surface area contributed by atoms with Gasteiger partial charge in [-0.25, -0.2) is 9.18 Å². The minimum absolute atomic E-state index is 0.182. The summed E-state index contributed by atoms with van der Waals surface area (Å²) in [5.41, 5.74) is 4.32. The average molecular weight is 509 g/mol. The number of halogens is 1. The highest BCUT2D eigenvalue weighted by Crippen LogP contribution is 2.47. The van der Waals surface area contributed by atoms with Gasteiger partial charge in [-0.05, 0) is 85.4 Å². The van der Waals surface area contributed by atoms with Gasteiger partial charge in [0.25, 0.3) is 0 Å². The van der Waals surface area contributed by atoms with Crippen LogP contribution in [-0.2, 0) is 11.3 Å². The third-order valence-corrected chi connectivity index (χ3v) is 8.77. The standard InChI is InChI=1S/C30H37FN2O4/c1-2-36-28-16-27(22-5-7-24(31)8-6-22)26(21-3-4-21)15-23(28)17-32-11-9-30(10-12-32)19-33(29(35)37-30)25-13-20(14-25)18-34/h5-8,15-16,20-21,25,34H,2-4,9-14,17-19H2,1H3. The lowest BCUT2D eigenvalue weighted by Gasteiger charge is -2.41. The smallest absolute Gasteiger partial charge is 0.410 e. The normalized spacial score (nSPS) is 25.3. The number of nitrogens with zero attached hydrogens (tertiary/aromatic N) is 2. The molecule has 0 bridgehead atoms. The van der Waals surface area contributed by atoms with Crippen LogP contribution in [0.5, 0.6) is 5.75 Å². The summed E-state index contributed by atoms with van der Waals surface area (Å²) in [5, 5.41) is 9.33. The zero-order valence-corrected chi connectivity index (χ0v) is 21.6. The maximum Gasteiger partial charge on any atom is 0.410 e. The Hall–Kier alpha value is -2.64. The van der Waals surface area contributed by atoms with Crippen LogP contribution >= 0.6 is 0 Å². The summed E-state index contributed by atoms with van der Waals surface area (Å²) in [4.78, 5) is 17.0. The van der Waals surface area contributed by atoms with Crippen LogP contribution in [0.4, 0.5) is 9.18 Å². The van der Waals surface area contributed by atoms with Crippen molar-refractivity contribution in [3.63, 3.8) is 0 Å². The van der Waals surface area contributed by atoms with E-state index in [1.165, 1.54) is 36.1 Å². The number of rotatable bonds is 8. The van der Waals surface area contributed by atoms with Crippen LogP contribution in [0.3, 0.4) is 0 Å². The first-order valence-electron chi connectivity index (χ1n) is 13.9. The summed E-state index contributed by atoms with van der Waals surface area (Å²) >= 11 is 0. The van der Waals surface area contributed by atoms with Crippen molar-refractivity contribution in [2.75, 3.05) is 32.8 Å². The topological polar surface area (TPSA) is 62.2 Å². The molecule has 1 N–H and O–H groups in total. The van der Waals surface area contributed by atoms with E-state index in [0.717, 1.165) is 62.2 Å². The summed E-state index contributed by atoms with van der Waals surface area (Å²) in [5.74, 6) is 1.55. The maximum atomic E-state index is 13.6. The third kappa shape index (κ3) is 4.96. The summed E-state index contributed by atoms with van der Waals surface area (Å²) in [7, 11) is 0. The van der Waals surface area contributed by atoms with Crippen molar-refractivity contribution < 1.29 is 23.8 Å². The fourth-order valence-electron chi connectivity index (χ4n) is 6.32. The Kier molecular flexibility index (Phi) is 6.61. The van der Waals surface area contributed by atoms with Gasteiger partial charge in [0.15, 0.2) is 0 Å². The number of carbonyl (C=O) groups is 1. The Morgan fingerprint density at radius 3 is 2.51 bits per heavy atom. The second kappa shape index (κ2) is 9.91. The molecular formula is C30H37FN2O4. The van der Waals surface area contributed by atoms with Crippen molar-refractivity contribution in [3.8, 4) is 16.9 Å². The summed E-state index contributed by atoms with van der Waals surface area (Å²) in [6.45, 7) is 6.01. The fourth-order valence-corrected chi connectivity index (χ4v) is 6.32. The molecule has 198 valence electrons. The molecule has 0 unspecified atom stereocenters. The van der Waals surface area contributed by atoms with Crippen LogP contribution in [0.15, 0.2) is 36.4 Å². The van der Waals surface area contributed by atoms with Gasteiger partial charge in [0.1, 0.15) is 17.2 Å². The van der Waals surface area contributed by atoms with Crippen LogP contribution in [0.25, 0.3) is 11.1 Å². The van der Waals surface area contributed by atoms with Crippen molar-refractivity contribution >= 4 is 6.09 Å². The van der Waals surface area contributed by atoms with Gasteiger partial charge in [-0.1, -0.05) is 12.1 Å². The number of hydrogen-bond acceptors (Lipinski definition) is 5. The van der Waals surface area contributed by atoms with Crippen LogP contribution in [0.1, 0.15) is 62.5 Å². The molecule has 6 nitrogen and oxygen atoms in total. The number of carbonyl (C=O) groups excluding carboxylic acids is 1. The highest BCUT2D eigenvalue weighted by Gasteiger charge is 2.50. The summed E-state index contributed by atoms with van der Waals surface area (Å²) in [6, 6.07) is 11.5. The molecule has 2 aliphatic heterocycles. The number of hydrogen-bond donors (Lipinski definition) is 1. The van der Waals surface area contributed by atoms with E-state index in [0.29, 0.717) is 25.0 Å². The maximum absolute atomic E-state index is 13.6. The van der Waals surface area contributed by atoms with E-state index < -0.39 is 0 Å². The van der Waals surface area contributed by atoms with Gasteiger partial charge >= 0.3 is 6.09 Å². The zero-order valence-electron chi connectivity index (χ0n) is 21.6. The van der Waals surface area contributed by atoms with E-state index in [9.17, 15) is 14.3 Å². The van der Waals surface area contributed by atoms with E-state index in [1.807, 2.05) is 24.0 Å². The number of benzene rings is 2. The minimum atomic E-state index is -0.383. The largest absolute Gasteiger partial charge is 0.494 e. The number of aliphatic hydroxyl groups excluding tert-OH is 1. The Morgan fingerprint density at radius 1 is 1.14 bits per heavy atom. The Morgan fingerprint density at radius 2 is 1.86 bits per heavy atom. The first kappa shape index (κ1) is 24.7. The van der Waals surface area contributed by atoms with Crippen molar-refractivity contribution in [2.24, 2.45) is 5.92 Å². The van der Waals surface area contributed by atoms with Crippen LogP contribution in [-0.4, -0.2) is 65.5 Å². The van der Waals surface area contributed by atoms with Crippen LogP contribution in [0, 0.1) is 11.7 Å². The molecule has 2 aromatic carbocycles. The average Bonchev–Trinajstić information content (AvgIpc) is 3.66. The number of amides is 1. The predicted molar refractivity (Wildman–Crippen MR) is 139 cm³/mol. The van der Waals surface area contributed by atoms with E-state index in [2.05, 4.69) is 17.0 Å². The summed E-state index contributed by atoms with van der Waals surface area (Å²) in [6.07, 6.45) is 5.62. The van der Waals surface area contributed by atoms with E-state index in [-0.39, 0.29) is 30.2 Å². The number of aliphatic hydroxyl groups is 1. The van der Waals surface area contributed by atoms with Gasteiger partial charge in [-0.3, -0.25) is 4.90 Å². The molecule has 0 aromatic heterocycles. The molecule has 4 aliphatic rings. The van der Waals surface area contributed by atoms with Crippen LogP contribution < -0.4 is 4.74 Å². The SMILES string of the molecule is CCOc1cc(-c2ccc(F)cc2)c(C2CC2)cc1CN1CCC2(CC1)CN(C1CC(CO)C1)C(=O)O2. The Balaban J connectivity index is 1.16. The Labute approximate surface area is 218 Å². The second-order valence-electron chi connectivity index (χ2n) is 11.4. The number of likely N-dealkylation sites (tertiary alicyclic amines) is 1. The van der Waals surface area contributed by atoms with Gasteiger partial charge in [0, 0.05) is 50.7 Å². The molecule has 4 fully saturated rings. The van der Waals surface area contributed by atoms with Crippen molar-refractivity contribution in [1.82, 2.24) is 9.80 Å². The highest BCUT2D eigenvalue weighted by molar-refractivity contribution is 5.72. The molecule has 37 heavy (non-hydrogen) atoms. The second-order valence-corrected chi connectivity index (χ2v) is 11.4. The van der Waals surface area contributed by atoms with Gasteiger partial charge in [0.2, 0.25) is 0 Å². The molecule has 0 radical (unpaired) electrons. The Bertz CT molecular complexity index is 1140.